The first-order valence-corrected chi connectivity index (χ1v) is 5.32. The summed E-state index contributed by atoms with van der Waals surface area (Å²) in [7, 11) is 0. The summed E-state index contributed by atoms with van der Waals surface area (Å²) in [6, 6.07) is 6.25. The van der Waals surface area contributed by atoms with Crippen molar-refractivity contribution in [2.45, 2.75) is 32.6 Å². The second-order valence-corrected chi connectivity index (χ2v) is 5.10. The summed E-state index contributed by atoms with van der Waals surface area (Å²) in [5.74, 6) is 0.202. The Hall–Kier alpha value is -1.37. The van der Waals surface area contributed by atoms with Gasteiger partial charge in [0.25, 0.3) is 0 Å². The Kier molecular flexibility index (Phi) is 2.26. The molecule has 0 saturated carbocycles. The Labute approximate surface area is 90.8 Å². The molecule has 0 amide bonds. The Morgan fingerprint density at radius 3 is 2.53 bits per heavy atom. The van der Waals surface area contributed by atoms with Crippen molar-refractivity contribution in [2.75, 3.05) is 0 Å². The zero-order valence-corrected chi connectivity index (χ0v) is 9.50. The van der Waals surface area contributed by atoms with Gasteiger partial charge in [0.15, 0.2) is 5.78 Å². The number of benzene rings is 1. The highest BCUT2D eigenvalue weighted by atomic mass is 16.1. The lowest BCUT2D eigenvalue weighted by Gasteiger charge is -2.24. The molecule has 78 valence electrons. The molecule has 0 aromatic heterocycles. The summed E-state index contributed by atoms with van der Waals surface area (Å²) in [4.78, 5) is 11.3. The predicted molar refractivity (Wildman–Crippen MR) is 62.9 cm³/mol. The van der Waals surface area contributed by atoms with Gasteiger partial charge in [0.2, 0.25) is 0 Å². The highest BCUT2D eigenvalue weighted by Gasteiger charge is 2.20. The molecule has 1 aliphatic rings. The minimum atomic E-state index is 0.135. The first-order chi connectivity index (χ1) is 6.98. The van der Waals surface area contributed by atoms with E-state index in [9.17, 15) is 4.79 Å². The van der Waals surface area contributed by atoms with Crippen LogP contribution in [0.3, 0.4) is 0 Å². The van der Waals surface area contributed by atoms with Gasteiger partial charge in [-0.05, 0) is 28.2 Å². The molecule has 0 saturated heterocycles. The van der Waals surface area contributed by atoms with E-state index in [1.165, 1.54) is 11.1 Å². The molecule has 15 heavy (non-hydrogen) atoms. The number of fused-ring (bicyclic) bond motifs is 1. The number of carbonyl (C=O) groups is 1. The molecular weight excluding hydrogens is 184 g/mol. The van der Waals surface area contributed by atoms with Gasteiger partial charge < -0.3 is 0 Å². The molecular formula is C14H16O. The molecule has 0 aliphatic heterocycles. The normalized spacial score (nSPS) is 15.3. The Bertz CT molecular complexity index is 433. The zero-order valence-electron chi connectivity index (χ0n) is 9.50. The second kappa shape index (κ2) is 3.34. The van der Waals surface area contributed by atoms with Gasteiger partial charge in [0.05, 0.1) is 0 Å². The van der Waals surface area contributed by atoms with Crippen molar-refractivity contribution in [1.82, 2.24) is 0 Å². The molecule has 2 rings (SSSR count). The highest BCUT2D eigenvalue weighted by Crippen LogP contribution is 2.30. The maximum atomic E-state index is 11.3. The quantitative estimate of drug-likeness (QED) is 0.629. The Balaban J connectivity index is 2.59. The fourth-order valence-corrected chi connectivity index (χ4v) is 2.04. The molecule has 1 nitrogen and oxygen atoms in total. The van der Waals surface area contributed by atoms with Crippen molar-refractivity contribution >= 4 is 11.9 Å². The maximum absolute atomic E-state index is 11.3. The fourth-order valence-electron chi connectivity index (χ4n) is 2.04. The van der Waals surface area contributed by atoms with Crippen molar-refractivity contribution in [3.05, 3.63) is 41.0 Å². The van der Waals surface area contributed by atoms with Gasteiger partial charge in [-0.3, -0.25) is 4.79 Å². The molecule has 1 aromatic rings. The molecule has 0 spiro atoms. The summed E-state index contributed by atoms with van der Waals surface area (Å²) >= 11 is 0. The molecule has 1 aromatic carbocycles. The van der Waals surface area contributed by atoms with Crippen molar-refractivity contribution in [3.63, 3.8) is 0 Å². The summed E-state index contributed by atoms with van der Waals surface area (Å²) in [6.07, 6.45) is 4.20. The third-order valence-corrected chi connectivity index (χ3v) is 2.81. The van der Waals surface area contributed by atoms with Gasteiger partial charge in [-0.2, -0.15) is 0 Å². The summed E-state index contributed by atoms with van der Waals surface area (Å²) in [5.41, 5.74) is 3.86. The molecule has 0 heterocycles. The van der Waals surface area contributed by atoms with Gasteiger partial charge in [-0.15, -0.1) is 0 Å². The molecule has 0 bridgehead atoms. The average Bonchev–Trinajstić information content (AvgIpc) is 2.15. The van der Waals surface area contributed by atoms with Crippen LogP contribution in [0.2, 0.25) is 0 Å². The van der Waals surface area contributed by atoms with Crippen LogP contribution in [0.25, 0.3) is 6.08 Å². The third kappa shape index (κ3) is 1.87. The third-order valence-electron chi connectivity index (χ3n) is 2.81. The van der Waals surface area contributed by atoms with Crippen LogP contribution in [0.4, 0.5) is 0 Å². The van der Waals surface area contributed by atoms with E-state index in [-0.39, 0.29) is 11.2 Å². The SMILES string of the molecule is CC(C)(C)c1cccc2c1C=CC(=O)C2. The monoisotopic (exact) mass is 200 g/mol. The molecule has 1 heteroatoms. The van der Waals surface area contributed by atoms with Gasteiger partial charge in [0, 0.05) is 6.42 Å². The van der Waals surface area contributed by atoms with Gasteiger partial charge in [-0.1, -0.05) is 45.0 Å². The highest BCUT2D eigenvalue weighted by molar-refractivity contribution is 5.98. The first kappa shape index (κ1) is 10.2. The zero-order chi connectivity index (χ0) is 11.1. The van der Waals surface area contributed by atoms with Crippen LogP contribution in [0.1, 0.15) is 37.5 Å². The van der Waals surface area contributed by atoms with Crippen molar-refractivity contribution < 1.29 is 4.79 Å². The van der Waals surface area contributed by atoms with E-state index in [2.05, 4.69) is 26.8 Å². The van der Waals surface area contributed by atoms with Crippen molar-refractivity contribution in [3.8, 4) is 0 Å². The lowest BCUT2D eigenvalue weighted by atomic mass is 9.80. The van der Waals surface area contributed by atoms with Gasteiger partial charge >= 0.3 is 0 Å². The van der Waals surface area contributed by atoms with Crippen LogP contribution in [-0.4, -0.2) is 5.78 Å². The van der Waals surface area contributed by atoms with Crippen LogP contribution in [0.15, 0.2) is 24.3 Å². The predicted octanol–water partition coefficient (Wildman–Crippen LogP) is 3.12. The first-order valence-electron chi connectivity index (χ1n) is 5.32. The minimum absolute atomic E-state index is 0.135. The van der Waals surface area contributed by atoms with Gasteiger partial charge in [0.1, 0.15) is 0 Å². The van der Waals surface area contributed by atoms with E-state index in [1.54, 1.807) is 6.08 Å². The minimum Gasteiger partial charge on any atom is -0.294 e. The van der Waals surface area contributed by atoms with Crippen molar-refractivity contribution in [1.29, 1.82) is 0 Å². The van der Waals surface area contributed by atoms with Crippen LogP contribution in [0, 0.1) is 0 Å². The lowest BCUT2D eigenvalue weighted by Crippen LogP contribution is -2.16. The van der Waals surface area contributed by atoms with E-state index in [1.807, 2.05) is 18.2 Å². The number of allylic oxidation sites excluding steroid dienone is 1. The van der Waals surface area contributed by atoms with E-state index in [0.717, 1.165) is 5.56 Å². The Morgan fingerprint density at radius 2 is 1.87 bits per heavy atom. The standard InChI is InChI=1S/C14H16O/c1-14(2,3)13-6-4-5-10-9-11(15)7-8-12(10)13/h4-8H,9H2,1-3H3. The average molecular weight is 200 g/mol. The Morgan fingerprint density at radius 1 is 1.13 bits per heavy atom. The van der Waals surface area contributed by atoms with E-state index in [4.69, 9.17) is 0 Å². The van der Waals surface area contributed by atoms with E-state index in [0.29, 0.717) is 6.42 Å². The largest absolute Gasteiger partial charge is 0.294 e. The van der Waals surface area contributed by atoms with Crippen LogP contribution >= 0.6 is 0 Å². The van der Waals surface area contributed by atoms with Crippen LogP contribution in [-0.2, 0) is 16.6 Å². The number of rotatable bonds is 0. The van der Waals surface area contributed by atoms with E-state index < -0.39 is 0 Å². The second-order valence-electron chi connectivity index (χ2n) is 5.10. The molecule has 0 atom stereocenters. The topological polar surface area (TPSA) is 17.1 Å². The number of carbonyl (C=O) groups excluding carboxylic acids is 1. The number of ketones is 1. The molecule has 0 N–H and O–H groups in total. The van der Waals surface area contributed by atoms with Crippen molar-refractivity contribution in [2.24, 2.45) is 0 Å². The van der Waals surface area contributed by atoms with E-state index >= 15 is 0 Å². The molecule has 0 fully saturated rings. The van der Waals surface area contributed by atoms with Crippen LogP contribution in [0.5, 0.6) is 0 Å². The summed E-state index contributed by atoms with van der Waals surface area (Å²) in [6.45, 7) is 6.60. The fraction of sp³-hybridized carbons (Fsp3) is 0.357. The summed E-state index contributed by atoms with van der Waals surface area (Å²) in [5, 5.41) is 0. The smallest absolute Gasteiger partial charge is 0.160 e. The summed E-state index contributed by atoms with van der Waals surface area (Å²) < 4.78 is 0. The number of hydrogen-bond acceptors (Lipinski definition) is 1. The lowest BCUT2D eigenvalue weighted by molar-refractivity contribution is -0.114. The molecule has 1 aliphatic carbocycles. The number of hydrogen-bond donors (Lipinski definition) is 0. The van der Waals surface area contributed by atoms with Crippen LogP contribution < -0.4 is 0 Å². The molecule has 0 radical (unpaired) electrons. The maximum Gasteiger partial charge on any atom is 0.160 e. The molecule has 0 unspecified atom stereocenters. The van der Waals surface area contributed by atoms with Gasteiger partial charge in [-0.25, -0.2) is 0 Å².